The number of aryl methyl sites for hydroxylation is 1. The van der Waals surface area contributed by atoms with Crippen LogP contribution in [0.2, 0.25) is 0 Å². The molecule has 3 aromatic rings. The Labute approximate surface area is 174 Å². The molecule has 9 nitrogen and oxygen atoms in total. The molecule has 1 aliphatic rings. The molecule has 0 bridgehead atoms. The summed E-state index contributed by atoms with van der Waals surface area (Å²) in [6.07, 6.45) is 6.58. The van der Waals surface area contributed by atoms with Gasteiger partial charge in [0.1, 0.15) is 0 Å². The molecule has 9 heteroatoms. The van der Waals surface area contributed by atoms with Crippen LogP contribution in [0.3, 0.4) is 0 Å². The number of piperidine rings is 1. The average Bonchev–Trinajstić information content (AvgIpc) is 3.20. The van der Waals surface area contributed by atoms with Crippen LogP contribution in [0.4, 0.5) is 5.95 Å². The van der Waals surface area contributed by atoms with Crippen LogP contribution in [0.15, 0.2) is 29.5 Å². The van der Waals surface area contributed by atoms with Crippen LogP contribution >= 0.6 is 0 Å². The Hall–Kier alpha value is -3.23. The van der Waals surface area contributed by atoms with Gasteiger partial charge in [-0.25, -0.2) is 15.0 Å². The number of aromatic amines is 1. The lowest BCUT2D eigenvalue weighted by Crippen LogP contribution is -2.39. The first-order valence-corrected chi connectivity index (χ1v) is 10.4. The second-order valence-electron chi connectivity index (χ2n) is 7.62. The predicted octanol–water partition coefficient (Wildman–Crippen LogP) is 1.92. The maximum Gasteiger partial charge on any atom is 0.289 e. The van der Waals surface area contributed by atoms with Crippen molar-refractivity contribution in [2.75, 3.05) is 31.1 Å². The highest BCUT2D eigenvalue weighted by atomic mass is 16.2. The number of hydrogen-bond donors (Lipinski definition) is 1. The SMILES string of the molecule is CCN(CC)c1ncc2c(=O)[nH]c(C3CCN(C(=O)c4nccn4C)CC3)cc2n1. The predicted molar refractivity (Wildman–Crippen MR) is 115 cm³/mol. The number of imidazole rings is 1. The van der Waals surface area contributed by atoms with Gasteiger partial charge in [0.25, 0.3) is 11.5 Å². The minimum absolute atomic E-state index is 0.0513. The first-order chi connectivity index (χ1) is 14.5. The Balaban J connectivity index is 1.54. The summed E-state index contributed by atoms with van der Waals surface area (Å²) in [6, 6.07) is 1.96. The number of carbonyl (C=O) groups is 1. The van der Waals surface area contributed by atoms with Gasteiger partial charge in [0, 0.05) is 63.4 Å². The number of amides is 1. The van der Waals surface area contributed by atoms with Gasteiger partial charge in [-0.1, -0.05) is 0 Å². The smallest absolute Gasteiger partial charge is 0.289 e. The lowest BCUT2D eigenvalue weighted by molar-refractivity contribution is 0.0696. The second kappa shape index (κ2) is 8.25. The summed E-state index contributed by atoms with van der Waals surface area (Å²) >= 11 is 0. The Bertz CT molecular complexity index is 1110. The van der Waals surface area contributed by atoms with Crippen molar-refractivity contribution in [1.29, 1.82) is 0 Å². The Morgan fingerprint density at radius 2 is 1.97 bits per heavy atom. The molecular formula is C21H27N7O2. The number of rotatable bonds is 5. The van der Waals surface area contributed by atoms with E-state index in [-0.39, 0.29) is 17.4 Å². The van der Waals surface area contributed by atoms with Gasteiger partial charge in [-0.15, -0.1) is 0 Å². The number of pyridine rings is 1. The summed E-state index contributed by atoms with van der Waals surface area (Å²) in [5.41, 5.74) is 1.37. The van der Waals surface area contributed by atoms with Crippen LogP contribution in [0.25, 0.3) is 10.9 Å². The van der Waals surface area contributed by atoms with Gasteiger partial charge in [0.2, 0.25) is 5.95 Å². The third-order valence-corrected chi connectivity index (χ3v) is 5.88. The van der Waals surface area contributed by atoms with Crippen molar-refractivity contribution in [2.45, 2.75) is 32.6 Å². The van der Waals surface area contributed by atoms with Gasteiger partial charge in [-0.3, -0.25) is 9.59 Å². The number of fused-ring (bicyclic) bond motifs is 1. The topological polar surface area (TPSA) is 100 Å². The van der Waals surface area contributed by atoms with Gasteiger partial charge < -0.3 is 19.4 Å². The molecule has 1 N–H and O–H groups in total. The molecule has 0 radical (unpaired) electrons. The van der Waals surface area contributed by atoms with Crippen LogP contribution in [-0.4, -0.2) is 61.5 Å². The van der Waals surface area contributed by atoms with Gasteiger partial charge in [-0.2, -0.15) is 0 Å². The number of likely N-dealkylation sites (tertiary alicyclic amines) is 1. The molecule has 0 aliphatic carbocycles. The second-order valence-corrected chi connectivity index (χ2v) is 7.62. The monoisotopic (exact) mass is 409 g/mol. The average molecular weight is 409 g/mol. The molecule has 0 atom stereocenters. The number of carbonyl (C=O) groups excluding carboxylic acids is 1. The zero-order valence-electron chi connectivity index (χ0n) is 17.6. The summed E-state index contributed by atoms with van der Waals surface area (Å²) in [6.45, 7) is 6.98. The summed E-state index contributed by atoms with van der Waals surface area (Å²) in [7, 11) is 1.82. The number of hydrogen-bond acceptors (Lipinski definition) is 6. The van der Waals surface area contributed by atoms with Gasteiger partial charge in [-0.05, 0) is 32.8 Å². The Morgan fingerprint density at radius 3 is 2.60 bits per heavy atom. The number of aromatic nitrogens is 5. The standard InChI is InChI=1S/C21H27N7O2/c1-4-27(5-2)21-23-13-15-17(25-21)12-16(24-19(15)29)14-6-9-28(10-7-14)20(30)18-22-8-11-26(18)3/h8,11-14H,4-7,9-10H2,1-3H3,(H,24,29). The highest BCUT2D eigenvalue weighted by Gasteiger charge is 2.27. The molecule has 4 heterocycles. The van der Waals surface area contributed by atoms with Crippen molar-refractivity contribution in [2.24, 2.45) is 7.05 Å². The summed E-state index contributed by atoms with van der Waals surface area (Å²) in [5, 5.41) is 0.497. The lowest BCUT2D eigenvalue weighted by atomic mass is 9.92. The third-order valence-electron chi connectivity index (χ3n) is 5.88. The zero-order valence-corrected chi connectivity index (χ0v) is 17.6. The molecule has 3 aromatic heterocycles. The maximum atomic E-state index is 12.7. The van der Waals surface area contributed by atoms with E-state index in [0.29, 0.717) is 35.8 Å². The molecule has 0 spiro atoms. The summed E-state index contributed by atoms with van der Waals surface area (Å²) in [4.78, 5) is 45.3. The van der Waals surface area contributed by atoms with Crippen LogP contribution in [0.1, 0.15) is 48.9 Å². The normalized spacial score (nSPS) is 15.0. The minimum Gasteiger partial charge on any atom is -0.341 e. The van der Waals surface area contributed by atoms with Gasteiger partial charge >= 0.3 is 0 Å². The van der Waals surface area contributed by atoms with Crippen LogP contribution in [-0.2, 0) is 7.05 Å². The molecule has 1 saturated heterocycles. The third kappa shape index (κ3) is 3.67. The summed E-state index contributed by atoms with van der Waals surface area (Å²) < 4.78 is 1.74. The van der Waals surface area contributed by atoms with Gasteiger partial charge in [0.15, 0.2) is 5.82 Å². The molecule has 0 saturated carbocycles. The minimum atomic E-state index is -0.167. The summed E-state index contributed by atoms with van der Waals surface area (Å²) in [5.74, 6) is 1.22. The fourth-order valence-corrected chi connectivity index (χ4v) is 4.04. The first kappa shape index (κ1) is 20.1. The van der Waals surface area contributed by atoms with Crippen molar-refractivity contribution >= 4 is 22.8 Å². The number of anilines is 1. The molecule has 1 aliphatic heterocycles. The molecule has 30 heavy (non-hydrogen) atoms. The van der Waals surface area contributed by atoms with E-state index in [1.807, 2.05) is 18.0 Å². The molecule has 158 valence electrons. The van der Waals surface area contributed by atoms with Crippen LogP contribution < -0.4 is 10.5 Å². The highest BCUT2D eigenvalue weighted by Crippen LogP contribution is 2.28. The van der Waals surface area contributed by atoms with Gasteiger partial charge in [0.05, 0.1) is 10.9 Å². The quantitative estimate of drug-likeness (QED) is 0.691. The largest absolute Gasteiger partial charge is 0.341 e. The highest BCUT2D eigenvalue weighted by molar-refractivity contribution is 5.90. The first-order valence-electron chi connectivity index (χ1n) is 10.4. The Morgan fingerprint density at radius 1 is 1.23 bits per heavy atom. The van der Waals surface area contributed by atoms with E-state index in [2.05, 4.69) is 38.7 Å². The molecule has 0 aromatic carbocycles. The van der Waals surface area contributed by atoms with E-state index < -0.39 is 0 Å². The molecule has 0 unspecified atom stereocenters. The van der Waals surface area contributed by atoms with Crippen molar-refractivity contribution in [1.82, 2.24) is 29.4 Å². The number of nitrogens with one attached hydrogen (secondary N) is 1. The van der Waals surface area contributed by atoms with Crippen molar-refractivity contribution in [3.05, 3.63) is 46.5 Å². The number of H-pyrrole nitrogens is 1. The fraction of sp³-hybridized carbons (Fsp3) is 0.476. The van der Waals surface area contributed by atoms with E-state index in [9.17, 15) is 9.59 Å². The zero-order chi connectivity index (χ0) is 21.3. The Kier molecular flexibility index (Phi) is 5.52. The van der Waals surface area contributed by atoms with Crippen LogP contribution in [0, 0.1) is 0 Å². The maximum absolute atomic E-state index is 12.7. The molecule has 1 fully saturated rings. The van der Waals surface area contributed by atoms with Crippen molar-refractivity contribution in [3.8, 4) is 0 Å². The molecular weight excluding hydrogens is 382 g/mol. The van der Waals surface area contributed by atoms with E-state index >= 15 is 0 Å². The van der Waals surface area contributed by atoms with E-state index in [1.54, 1.807) is 23.2 Å². The lowest BCUT2D eigenvalue weighted by Gasteiger charge is -2.31. The molecule has 4 rings (SSSR count). The van der Waals surface area contributed by atoms with Crippen LogP contribution in [0.5, 0.6) is 0 Å². The fourth-order valence-electron chi connectivity index (χ4n) is 4.04. The van der Waals surface area contributed by atoms with Crippen molar-refractivity contribution in [3.63, 3.8) is 0 Å². The van der Waals surface area contributed by atoms with E-state index in [0.717, 1.165) is 31.6 Å². The van der Waals surface area contributed by atoms with Crippen molar-refractivity contribution < 1.29 is 4.79 Å². The number of nitrogens with zero attached hydrogens (tertiary/aromatic N) is 6. The van der Waals surface area contributed by atoms with E-state index in [1.165, 1.54) is 0 Å². The van der Waals surface area contributed by atoms with E-state index in [4.69, 9.17) is 0 Å². The molecule has 1 amide bonds.